The molecule has 0 aliphatic carbocycles. The van der Waals surface area contributed by atoms with Crippen molar-refractivity contribution in [3.05, 3.63) is 36.1 Å². The lowest BCUT2D eigenvalue weighted by Gasteiger charge is -2.21. The second kappa shape index (κ2) is 4.70. The van der Waals surface area contributed by atoms with E-state index in [-0.39, 0.29) is 12.0 Å². The van der Waals surface area contributed by atoms with Gasteiger partial charge in [-0.2, -0.15) is 0 Å². The Balaban J connectivity index is 1.76. The smallest absolute Gasteiger partial charge is 0.308 e. The van der Waals surface area contributed by atoms with Crippen molar-refractivity contribution >= 4 is 16.9 Å². The number of para-hydroxylation sites is 1. The number of likely N-dealkylation sites (tertiary alicyclic amines) is 1. The van der Waals surface area contributed by atoms with Crippen LogP contribution < -0.4 is 0 Å². The third kappa shape index (κ3) is 2.24. The van der Waals surface area contributed by atoms with Gasteiger partial charge in [-0.25, -0.2) is 0 Å². The molecule has 1 aromatic carbocycles. The molecule has 100 valence electrons. The van der Waals surface area contributed by atoms with Gasteiger partial charge in [0.1, 0.15) is 11.3 Å². The molecule has 1 saturated heterocycles. The normalized spacial score (nSPS) is 24.1. The fourth-order valence-corrected chi connectivity index (χ4v) is 2.87. The molecule has 0 saturated carbocycles. The van der Waals surface area contributed by atoms with E-state index in [2.05, 4.69) is 4.90 Å². The van der Waals surface area contributed by atoms with Crippen LogP contribution in [-0.2, 0) is 11.3 Å². The summed E-state index contributed by atoms with van der Waals surface area (Å²) in [6.07, 6.45) is 0.719. The number of fused-ring (bicyclic) bond motifs is 1. The molecule has 2 heterocycles. The first kappa shape index (κ1) is 12.2. The molecular formula is C15H17NO3. The summed E-state index contributed by atoms with van der Waals surface area (Å²) in [5.74, 6) is -0.0527. The maximum absolute atomic E-state index is 11.1. The molecule has 0 amide bonds. The third-order valence-electron chi connectivity index (χ3n) is 4.04. The molecular weight excluding hydrogens is 242 g/mol. The number of hydrogen-bond donors (Lipinski definition) is 1. The van der Waals surface area contributed by atoms with Crippen LogP contribution in [0.5, 0.6) is 0 Å². The molecule has 3 rings (SSSR count). The predicted octanol–water partition coefficient (Wildman–Crippen LogP) is 2.73. The topological polar surface area (TPSA) is 53.7 Å². The van der Waals surface area contributed by atoms with Crippen molar-refractivity contribution in [2.24, 2.45) is 5.92 Å². The van der Waals surface area contributed by atoms with E-state index in [0.717, 1.165) is 29.7 Å². The summed E-state index contributed by atoms with van der Waals surface area (Å²) in [5, 5.41) is 10.2. The van der Waals surface area contributed by atoms with Gasteiger partial charge in [-0.05, 0) is 32.0 Å². The Bertz CT molecular complexity index is 571. The van der Waals surface area contributed by atoms with Gasteiger partial charge in [0, 0.05) is 11.4 Å². The van der Waals surface area contributed by atoms with E-state index in [9.17, 15) is 4.79 Å². The molecule has 2 aromatic rings. The molecule has 2 unspecified atom stereocenters. The molecule has 4 heteroatoms. The number of carboxylic acids is 1. The second-order valence-corrected chi connectivity index (χ2v) is 5.20. The van der Waals surface area contributed by atoms with Gasteiger partial charge in [0.2, 0.25) is 0 Å². The van der Waals surface area contributed by atoms with Crippen LogP contribution in [0, 0.1) is 5.92 Å². The van der Waals surface area contributed by atoms with Crippen molar-refractivity contribution in [1.82, 2.24) is 4.90 Å². The predicted molar refractivity (Wildman–Crippen MR) is 71.8 cm³/mol. The van der Waals surface area contributed by atoms with Crippen molar-refractivity contribution in [2.75, 3.05) is 6.54 Å². The minimum atomic E-state index is -0.695. The molecule has 0 bridgehead atoms. The van der Waals surface area contributed by atoms with Gasteiger partial charge in [0.25, 0.3) is 0 Å². The van der Waals surface area contributed by atoms with Gasteiger partial charge in [-0.3, -0.25) is 9.69 Å². The highest BCUT2D eigenvalue weighted by atomic mass is 16.4. The zero-order valence-corrected chi connectivity index (χ0v) is 10.9. The molecule has 2 atom stereocenters. The summed E-state index contributed by atoms with van der Waals surface area (Å²) >= 11 is 0. The highest BCUT2D eigenvalue weighted by Gasteiger charge is 2.35. The number of carbonyl (C=O) groups is 1. The Kier molecular flexibility index (Phi) is 3.03. The maximum Gasteiger partial charge on any atom is 0.308 e. The third-order valence-corrected chi connectivity index (χ3v) is 4.04. The van der Waals surface area contributed by atoms with Crippen molar-refractivity contribution in [3.8, 4) is 0 Å². The molecule has 0 radical (unpaired) electrons. The summed E-state index contributed by atoms with van der Waals surface area (Å²) in [5.41, 5.74) is 0.888. The van der Waals surface area contributed by atoms with Crippen molar-refractivity contribution in [2.45, 2.75) is 25.9 Å². The fourth-order valence-electron chi connectivity index (χ4n) is 2.87. The quantitative estimate of drug-likeness (QED) is 0.920. The standard InChI is InChI=1S/C15H17NO3/c1-10-13(15(17)18)6-7-16(10)9-12-8-11-4-2-3-5-14(11)19-12/h2-5,8,10,13H,6-7,9H2,1H3,(H,17,18). The number of hydrogen-bond acceptors (Lipinski definition) is 3. The Morgan fingerprint density at radius 3 is 2.95 bits per heavy atom. The average molecular weight is 259 g/mol. The van der Waals surface area contributed by atoms with Crippen LogP contribution in [0.2, 0.25) is 0 Å². The van der Waals surface area contributed by atoms with Gasteiger partial charge in [-0.15, -0.1) is 0 Å². The van der Waals surface area contributed by atoms with Crippen LogP contribution in [-0.4, -0.2) is 28.6 Å². The fraction of sp³-hybridized carbons (Fsp3) is 0.400. The summed E-state index contributed by atoms with van der Waals surface area (Å²) in [4.78, 5) is 13.3. The molecule has 19 heavy (non-hydrogen) atoms. The van der Waals surface area contributed by atoms with Crippen LogP contribution in [0.15, 0.2) is 34.7 Å². The largest absolute Gasteiger partial charge is 0.481 e. The molecule has 4 nitrogen and oxygen atoms in total. The van der Waals surface area contributed by atoms with Crippen molar-refractivity contribution < 1.29 is 14.3 Å². The monoisotopic (exact) mass is 259 g/mol. The maximum atomic E-state index is 11.1. The molecule has 1 fully saturated rings. The number of nitrogens with zero attached hydrogens (tertiary/aromatic N) is 1. The van der Waals surface area contributed by atoms with E-state index in [1.165, 1.54) is 0 Å². The number of aliphatic carboxylic acids is 1. The van der Waals surface area contributed by atoms with Gasteiger partial charge >= 0.3 is 5.97 Å². The SMILES string of the molecule is CC1C(C(=O)O)CCN1Cc1cc2ccccc2o1. The van der Waals surface area contributed by atoms with Gasteiger partial charge < -0.3 is 9.52 Å². The first-order valence-corrected chi connectivity index (χ1v) is 6.59. The first-order valence-electron chi connectivity index (χ1n) is 6.59. The van der Waals surface area contributed by atoms with E-state index >= 15 is 0 Å². The zero-order valence-electron chi connectivity index (χ0n) is 10.9. The summed E-state index contributed by atoms with van der Waals surface area (Å²) in [6, 6.07) is 10.0. The lowest BCUT2D eigenvalue weighted by atomic mass is 10.0. The molecule has 1 aliphatic rings. The molecule has 1 aliphatic heterocycles. The van der Waals surface area contributed by atoms with Crippen LogP contribution in [0.4, 0.5) is 0 Å². The molecule has 1 aromatic heterocycles. The Hall–Kier alpha value is -1.81. The Morgan fingerprint density at radius 2 is 2.26 bits per heavy atom. The van der Waals surface area contributed by atoms with E-state index in [1.54, 1.807) is 0 Å². The van der Waals surface area contributed by atoms with Crippen LogP contribution >= 0.6 is 0 Å². The highest BCUT2D eigenvalue weighted by Crippen LogP contribution is 2.27. The minimum absolute atomic E-state index is 0.0608. The van der Waals surface area contributed by atoms with E-state index in [1.807, 2.05) is 37.3 Å². The lowest BCUT2D eigenvalue weighted by molar-refractivity contribution is -0.142. The van der Waals surface area contributed by atoms with Crippen molar-refractivity contribution in [3.63, 3.8) is 0 Å². The first-order chi connectivity index (χ1) is 9.15. The number of carboxylic acid groups (broad SMARTS) is 1. The van der Waals surface area contributed by atoms with Crippen LogP contribution in [0.3, 0.4) is 0 Å². The van der Waals surface area contributed by atoms with Crippen LogP contribution in [0.1, 0.15) is 19.1 Å². The number of rotatable bonds is 3. The van der Waals surface area contributed by atoms with E-state index < -0.39 is 5.97 Å². The number of furan rings is 1. The molecule has 1 N–H and O–H groups in total. The zero-order chi connectivity index (χ0) is 13.4. The van der Waals surface area contributed by atoms with Gasteiger partial charge in [0.15, 0.2) is 0 Å². The van der Waals surface area contributed by atoms with E-state index in [4.69, 9.17) is 9.52 Å². The average Bonchev–Trinajstić information content (AvgIpc) is 2.94. The minimum Gasteiger partial charge on any atom is -0.481 e. The number of benzene rings is 1. The summed E-state index contributed by atoms with van der Waals surface area (Å²) < 4.78 is 5.78. The Morgan fingerprint density at radius 1 is 1.47 bits per heavy atom. The molecule has 0 spiro atoms. The lowest BCUT2D eigenvalue weighted by Crippen LogP contribution is -2.32. The van der Waals surface area contributed by atoms with Gasteiger partial charge in [0.05, 0.1) is 12.5 Å². The highest BCUT2D eigenvalue weighted by molar-refractivity contribution is 5.77. The van der Waals surface area contributed by atoms with E-state index in [0.29, 0.717) is 6.54 Å². The van der Waals surface area contributed by atoms with Crippen LogP contribution in [0.25, 0.3) is 11.0 Å². The Labute approximate surface area is 111 Å². The van der Waals surface area contributed by atoms with Crippen molar-refractivity contribution in [1.29, 1.82) is 0 Å². The summed E-state index contributed by atoms with van der Waals surface area (Å²) in [7, 11) is 0. The van der Waals surface area contributed by atoms with Gasteiger partial charge in [-0.1, -0.05) is 18.2 Å². The summed E-state index contributed by atoms with van der Waals surface area (Å²) in [6.45, 7) is 3.48. The second-order valence-electron chi connectivity index (χ2n) is 5.20.